The van der Waals surface area contributed by atoms with Gasteiger partial charge in [0.1, 0.15) is 0 Å². The van der Waals surface area contributed by atoms with Gasteiger partial charge < -0.3 is 4.57 Å². The smallest absolute Gasteiger partial charge is 0.249 e. The summed E-state index contributed by atoms with van der Waals surface area (Å²) >= 11 is 3.27. The summed E-state index contributed by atoms with van der Waals surface area (Å²) < 4.78 is 3.27. The average molecular weight is 342 g/mol. The second-order valence-electron chi connectivity index (χ2n) is 5.01. The Morgan fingerprint density at radius 1 is 1.13 bits per heavy atom. The molecular weight excluding hydrogens is 324 g/mol. The van der Waals surface area contributed by atoms with Crippen molar-refractivity contribution in [3.05, 3.63) is 59.4 Å². The van der Waals surface area contributed by atoms with Gasteiger partial charge in [0.15, 0.2) is 4.80 Å². The molecule has 0 saturated heterocycles. The molecule has 0 bridgehead atoms. The van der Waals surface area contributed by atoms with Crippen molar-refractivity contribution in [1.82, 2.24) is 4.57 Å². The molecule has 0 radical (unpaired) electrons. The molecule has 118 valence electrons. The number of nitrogens with zero attached hydrogens (tertiary/aromatic N) is 2. The molecule has 0 spiro atoms. The standard InChI is InChI=1S/C18H18N2OS2/c1-2-20-15-10-6-7-11-16(15)23-18(20)19-17(21)12-13-22-14-8-4-3-5-9-14/h3-11H,2,12-13H2,1H3. The van der Waals surface area contributed by atoms with E-state index in [0.29, 0.717) is 6.42 Å². The first-order valence-corrected chi connectivity index (χ1v) is 9.42. The Morgan fingerprint density at radius 3 is 2.65 bits per heavy atom. The molecular formula is C18H18N2OS2. The minimum atomic E-state index is -0.0535. The van der Waals surface area contributed by atoms with Crippen molar-refractivity contribution >= 4 is 39.2 Å². The summed E-state index contributed by atoms with van der Waals surface area (Å²) in [4.78, 5) is 18.5. The van der Waals surface area contributed by atoms with Gasteiger partial charge in [0, 0.05) is 23.6 Å². The van der Waals surface area contributed by atoms with Gasteiger partial charge in [-0.2, -0.15) is 4.99 Å². The van der Waals surface area contributed by atoms with E-state index < -0.39 is 0 Å². The van der Waals surface area contributed by atoms with E-state index in [2.05, 4.69) is 40.7 Å². The fraction of sp³-hybridized carbons (Fsp3) is 0.222. The second kappa shape index (κ2) is 7.62. The van der Waals surface area contributed by atoms with Crippen molar-refractivity contribution in [2.45, 2.75) is 24.8 Å². The van der Waals surface area contributed by atoms with Gasteiger partial charge in [0.05, 0.1) is 10.2 Å². The highest BCUT2D eigenvalue weighted by Crippen LogP contribution is 2.18. The summed E-state index contributed by atoms with van der Waals surface area (Å²) in [6, 6.07) is 18.3. The number of thioether (sulfide) groups is 1. The first kappa shape index (κ1) is 16.0. The number of rotatable bonds is 5. The number of thiazole rings is 1. The quantitative estimate of drug-likeness (QED) is 0.647. The van der Waals surface area contributed by atoms with Crippen LogP contribution in [0.4, 0.5) is 0 Å². The molecule has 1 aromatic heterocycles. The normalized spacial score (nSPS) is 12.0. The summed E-state index contributed by atoms with van der Waals surface area (Å²) in [5, 5.41) is 0. The van der Waals surface area contributed by atoms with E-state index in [9.17, 15) is 4.79 Å². The fourth-order valence-electron chi connectivity index (χ4n) is 2.35. The Kier molecular flexibility index (Phi) is 5.31. The molecule has 0 N–H and O–H groups in total. The highest BCUT2D eigenvalue weighted by atomic mass is 32.2. The molecule has 0 fully saturated rings. The predicted octanol–water partition coefficient (Wildman–Crippen LogP) is 4.33. The molecule has 3 rings (SSSR count). The Hall–Kier alpha value is -1.85. The minimum Gasteiger partial charge on any atom is -0.317 e. The van der Waals surface area contributed by atoms with E-state index in [4.69, 9.17) is 0 Å². The van der Waals surface area contributed by atoms with Crippen LogP contribution in [0.3, 0.4) is 0 Å². The van der Waals surface area contributed by atoms with Crippen LogP contribution in [0.2, 0.25) is 0 Å². The maximum absolute atomic E-state index is 12.2. The zero-order valence-corrected chi connectivity index (χ0v) is 14.6. The van der Waals surface area contributed by atoms with Crippen molar-refractivity contribution < 1.29 is 4.79 Å². The summed E-state index contributed by atoms with van der Waals surface area (Å²) in [6.45, 7) is 2.89. The fourth-order valence-corrected chi connectivity index (χ4v) is 4.32. The maximum Gasteiger partial charge on any atom is 0.249 e. The Morgan fingerprint density at radius 2 is 1.87 bits per heavy atom. The molecule has 0 saturated carbocycles. The number of aryl methyl sites for hydroxylation is 1. The summed E-state index contributed by atoms with van der Waals surface area (Å²) in [5.74, 6) is 0.700. The van der Waals surface area contributed by atoms with E-state index in [0.717, 1.165) is 22.6 Å². The monoisotopic (exact) mass is 342 g/mol. The van der Waals surface area contributed by atoms with Gasteiger partial charge in [-0.25, -0.2) is 0 Å². The van der Waals surface area contributed by atoms with Crippen LogP contribution in [0.15, 0.2) is 64.5 Å². The molecule has 0 aliphatic heterocycles. The SMILES string of the molecule is CCn1c(=NC(=O)CCSc2ccccc2)sc2ccccc21. The number of para-hydroxylation sites is 1. The van der Waals surface area contributed by atoms with Crippen LogP contribution < -0.4 is 4.80 Å². The Bertz CT molecular complexity index is 865. The van der Waals surface area contributed by atoms with E-state index in [1.54, 1.807) is 23.1 Å². The number of aromatic nitrogens is 1. The average Bonchev–Trinajstić information content (AvgIpc) is 2.92. The minimum absolute atomic E-state index is 0.0535. The molecule has 3 aromatic rings. The highest BCUT2D eigenvalue weighted by Gasteiger charge is 2.06. The summed E-state index contributed by atoms with van der Waals surface area (Å²) in [7, 11) is 0. The molecule has 5 heteroatoms. The van der Waals surface area contributed by atoms with Gasteiger partial charge in [-0.3, -0.25) is 4.79 Å². The van der Waals surface area contributed by atoms with Crippen molar-refractivity contribution in [2.75, 3.05) is 5.75 Å². The molecule has 0 aliphatic rings. The van der Waals surface area contributed by atoms with Gasteiger partial charge in [0.2, 0.25) is 5.91 Å². The van der Waals surface area contributed by atoms with Crippen LogP contribution in [0.1, 0.15) is 13.3 Å². The van der Waals surface area contributed by atoms with E-state index >= 15 is 0 Å². The van der Waals surface area contributed by atoms with E-state index in [1.165, 1.54) is 9.60 Å². The summed E-state index contributed by atoms with van der Waals surface area (Å²) in [5.41, 5.74) is 1.14. The lowest BCUT2D eigenvalue weighted by Gasteiger charge is -2.00. The predicted molar refractivity (Wildman–Crippen MR) is 97.8 cm³/mol. The second-order valence-corrected chi connectivity index (χ2v) is 7.19. The molecule has 1 heterocycles. The van der Waals surface area contributed by atoms with Crippen LogP contribution in [0, 0.1) is 0 Å². The lowest BCUT2D eigenvalue weighted by Crippen LogP contribution is -2.15. The van der Waals surface area contributed by atoms with Crippen molar-refractivity contribution in [3.8, 4) is 0 Å². The number of hydrogen-bond acceptors (Lipinski definition) is 3. The largest absolute Gasteiger partial charge is 0.317 e. The van der Waals surface area contributed by atoms with Crippen LogP contribution in [0.25, 0.3) is 10.2 Å². The topological polar surface area (TPSA) is 34.4 Å². The lowest BCUT2D eigenvalue weighted by atomic mass is 10.3. The number of benzene rings is 2. The van der Waals surface area contributed by atoms with Gasteiger partial charge >= 0.3 is 0 Å². The van der Waals surface area contributed by atoms with Crippen LogP contribution >= 0.6 is 23.1 Å². The maximum atomic E-state index is 12.2. The first-order chi connectivity index (χ1) is 11.3. The molecule has 0 aliphatic carbocycles. The third-order valence-electron chi connectivity index (χ3n) is 3.45. The van der Waals surface area contributed by atoms with Crippen LogP contribution in [-0.2, 0) is 11.3 Å². The zero-order valence-electron chi connectivity index (χ0n) is 12.9. The number of carbonyl (C=O) groups is 1. The molecule has 3 nitrogen and oxygen atoms in total. The number of fused-ring (bicyclic) bond motifs is 1. The molecule has 23 heavy (non-hydrogen) atoms. The zero-order chi connectivity index (χ0) is 16.1. The van der Waals surface area contributed by atoms with Gasteiger partial charge in [-0.15, -0.1) is 11.8 Å². The Labute approximate surface area is 143 Å². The van der Waals surface area contributed by atoms with Crippen molar-refractivity contribution in [2.24, 2.45) is 4.99 Å². The van der Waals surface area contributed by atoms with Crippen LogP contribution in [-0.4, -0.2) is 16.2 Å². The molecule has 2 aromatic carbocycles. The third kappa shape index (κ3) is 3.92. The lowest BCUT2D eigenvalue weighted by molar-refractivity contribution is -0.117. The van der Waals surface area contributed by atoms with Crippen molar-refractivity contribution in [1.29, 1.82) is 0 Å². The van der Waals surface area contributed by atoms with Gasteiger partial charge in [-0.05, 0) is 31.2 Å². The Balaban J connectivity index is 1.72. The third-order valence-corrected chi connectivity index (χ3v) is 5.53. The summed E-state index contributed by atoms with van der Waals surface area (Å²) in [6.07, 6.45) is 0.456. The number of amides is 1. The van der Waals surface area contributed by atoms with Gasteiger partial charge in [-0.1, -0.05) is 41.7 Å². The molecule has 0 atom stereocenters. The van der Waals surface area contributed by atoms with Crippen molar-refractivity contribution in [3.63, 3.8) is 0 Å². The molecule has 1 amide bonds. The molecule has 0 unspecified atom stereocenters. The van der Waals surface area contributed by atoms with E-state index in [1.807, 2.05) is 30.3 Å². The highest BCUT2D eigenvalue weighted by molar-refractivity contribution is 7.99. The number of carbonyl (C=O) groups excluding carboxylic acids is 1. The first-order valence-electron chi connectivity index (χ1n) is 7.61. The van der Waals surface area contributed by atoms with Gasteiger partial charge in [0.25, 0.3) is 0 Å². The number of hydrogen-bond donors (Lipinski definition) is 0. The van der Waals surface area contributed by atoms with E-state index in [-0.39, 0.29) is 5.91 Å². The van der Waals surface area contributed by atoms with Crippen LogP contribution in [0.5, 0.6) is 0 Å².